The third kappa shape index (κ3) is 14.6. The second-order valence-electron chi connectivity index (χ2n) is 19.3. The minimum absolute atomic E-state index is 0.214. The normalized spacial score (nSPS) is 13.1. The largest absolute Gasteiger partial charge is 0.507 e. The number of hydrogen-bond acceptors (Lipinski definition) is 29. The van der Waals surface area contributed by atoms with Crippen molar-refractivity contribution in [3.05, 3.63) is 114 Å². The molecule has 13 N–H and O–H groups in total. The molecule has 0 aliphatic carbocycles. The number of phenolic OH excluding ortho intramolecular Hbond substituents is 1. The van der Waals surface area contributed by atoms with Crippen LogP contribution in [0.15, 0.2) is 153 Å². The number of azo groups is 1. The maximum Gasteiger partial charge on any atom is 0.297 e. The van der Waals surface area contributed by atoms with Crippen LogP contribution in [0.25, 0.3) is 54.2 Å². The molecule has 10 rings (SSSR count). The molecule has 8 aromatic carbocycles. The first-order valence-electron chi connectivity index (χ1n) is 25.0. The summed E-state index contributed by atoms with van der Waals surface area (Å²) < 4.78 is 284. The number of fused-ring (bicyclic) bond motifs is 4. The Morgan fingerprint density at radius 2 is 0.811 bits per heavy atom. The molecule has 0 radical (unpaired) electrons. The van der Waals surface area contributed by atoms with Gasteiger partial charge in [0.25, 0.3) is 80.9 Å². The molecule has 0 bridgehead atoms. The first kappa shape index (κ1) is 69.1. The zero-order valence-corrected chi connectivity index (χ0v) is 53.9. The number of rotatable bonds is 20. The number of aromatic hydroxyl groups is 1. The van der Waals surface area contributed by atoms with Crippen LogP contribution in [0.1, 0.15) is 0 Å². The van der Waals surface area contributed by atoms with Crippen LogP contribution in [0, 0.1) is 0 Å². The summed E-state index contributed by atoms with van der Waals surface area (Å²) in [5, 5.41) is 25.2. The molecular formula is C48H34Cl2N12O25S8. The highest BCUT2D eigenvalue weighted by molar-refractivity contribution is 7.88. The van der Waals surface area contributed by atoms with Gasteiger partial charge in [0.15, 0.2) is 0 Å². The number of nitrogens with one attached hydrogen (secondary N) is 4. The molecule has 95 heavy (non-hydrogen) atoms. The molecule has 2 heterocycles. The fourth-order valence-electron chi connectivity index (χ4n) is 9.60. The van der Waals surface area contributed by atoms with E-state index in [2.05, 4.69) is 61.4 Å². The smallest absolute Gasteiger partial charge is 0.297 e. The Morgan fingerprint density at radius 1 is 0.379 bits per heavy atom. The minimum Gasteiger partial charge on any atom is -0.507 e. The Kier molecular flexibility index (Phi) is 17.8. The lowest BCUT2D eigenvalue weighted by molar-refractivity contribution is 0.471. The number of phenols is 1. The van der Waals surface area contributed by atoms with Crippen molar-refractivity contribution in [2.24, 2.45) is 10.2 Å². The molecule has 0 saturated heterocycles. The maximum absolute atomic E-state index is 13.1. The summed E-state index contributed by atoms with van der Waals surface area (Å²) in [6, 6.07) is 14.0. The van der Waals surface area contributed by atoms with Gasteiger partial charge >= 0.3 is 0 Å². The summed E-state index contributed by atoms with van der Waals surface area (Å²) in [4.78, 5) is 15.7. The zero-order valence-electron chi connectivity index (χ0n) is 45.9. The van der Waals surface area contributed by atoms with Gasteiger partial charge in [-0.05, 0) is 94.6 Å². The van der Waals surface area contributed by atoms with Crippen molar-refractivity contribution >= 4 is 194 Å². The average Bonchev–Trinajstić information content (AvgIpc) is 0.728. The zero-order chi connectivity index (χ0) is 69.7. The number of nitrogens with zero attached hydrogens (tertiary/aromatic N) is 8. The van der Waals surface area contributed by atoms with E-state index in [1.165, 1.54) is 0 Å². The first-order valence-corrected chi connectivity index (χ1v) is 37.3. The van der Waals surface area contributed by atoms with Gasteiger partial charge in [0.05, 0.1) is 21.2 Å². The van der Waals surface area contributed by atoms with Gasteiger partial charge in [0.2, 0.25) is 34.4 Å². The van der Waals surface area contributed by atoms with Crippen LogP contribution in [0.2, 0.25) is 10.6 Å². The highest BCUT2D eigenvalue weighted by atomic mass is 35.5. The first-order chi connectivity index (χ1) is 43.9. The number of benzene rings is 8. The van der Waals surface area contributed by atoms with E-state index in [-0.39, 0.29) is 41.4 Å². The summed E-state index contributed by atoms with van der Waals surface area (Å²) in [5.74, 6) is -3.12. The van der Waals surface area contributed by atoms with Crippen molar-refractivity contribution in [3.8, 4) is 16.9 Å². The van der Waals surface area contributed by atoms with E-state index in [4.69, 9.17) is 23.2 Å². The van der Waals surface area contributed by atoms with Gasteiger partial charge in [-0.1, -0.05) is 42.5 Å². The predicted molar refractivity (Wildman–Crippen MR) is 332 cm³/mol. The third-order valence-corrected chi connectivity index (χ3v) is 20.7. The van der Waals surface area contributed by atoms with Crippen LogP contribution in [0.3, 0.4) is 0 Å². The average molecular weight is 1510 g/mol. The lowest BCUT2D eigenvalue weighted by Gasteiger charge is -2.19. The lowest BCUT2D eigenvalue weighted by atomic mass is 9.96. The van der Waals surface area contributed by atoms with E-state index in [1.54, 1.807) is 0 Å². The summed E-state index contributed by atoms with van der Waals surface area (Å²) in [6.45, 7) is -0.447. The molecule has 0 aliphatic heterocycles. The molecule has 0 fully saturated rings. The van der Waals surface area contributed by atoms with E-state index in [9.17, 15) is 109 Å². The monoisotopic (exact) mass is 1500 g/mol. The van der Waals surface area contributed by atoms with Crippen LogP contribution in [0.5, 0.6) is 5.75 Å². The van der Waals surface area contributed by atoms with E-state index in [0.29, 0.717) is 30.3 Å². The van der Waals surface area contributed by atoms with Gasteiger partial charge in [-0.25, -0.2) is 0 Å². The van der Waals surface area contributed by atoms with Crippen LogP contribution in [-0.4, -0.2) is 152 Å². The van der Waals surface area contributed by atoms with E-state index >= 15 is 0 Å². The van der Waals surface area contributed by atoms with Crippen molar-refractivity contribution in [1.82, 2.24) is 29.9 Å². The second kappa shape index (κ2) is 24.5. The van der Waals surface area contributed by atoms with Crippen molar-refractivity contribution in [1.29, 1.82) is 0 Å². The van der Waals surface area contributed by atoms with Crippen LogP contribution >= 0.6 is 23.2 Å². The molecule has 0 unspecified atom stereocenters. The fourth-order valence-corrected chi connectivity index (χ4v) is 15.5. The summed E-state index contributed by atoms with van der Waals surface area (Å²) in [7, 11) is -42.5. The molecule has 498 valence electrons. The van der Waals surface area contributed by atoms with Gasteiger partial charge in [-0.3, -0.25) is 36.4 Å². The molecule has 47 heteroatoms. The molecule has 0 atom stereocenters. The maximum atomic E-state index is 13.1. The Morgan fingerprint density at radius 3 is 1.29 bits per heavy atom. The van der Waals surface area contributed by atoms with E-state index < -0.39 is 209 Å². The number of hydrogen-bond donors (Lipinski definition) is 13. The molecule has 37 nitrogen and oxygen atoms in total. The minimum atomic E-state index is -5.63. The number of anilines is 6. The van der Waals surface area contributed by atoms with Gasteiger partial charge < -0.3 is 26.4 Å². The highest BCUT2D eigenvalue weighted by Crippen LogP contribution is 2.49. The SMILES string of the molecule is O=S(=O)(O)c1cc(Nc2nc(Cl)nc(NCCNc3nc(Cl)nc(Nc4cc(S(=O)(=O)O)cc5cc(S(=O)(=O)O)c(-c6ccc7c(S(=O)(=O)O)cccc7c6S(=O)(=O)O)c(O)c45)n3)n2)c2cc(N=Nc3ccc4c(S(=O)(=O)O)cccc4c3S(=O)(=O)O)c(S(=O)(=O)O)cc2c1. The van der Waals surface area contributed by atoms with Gasteiger partial charge in [-0.2, -0.15) is 97.2 Å². The standard InChI is InChI=1S/C48H34Cl2N12O25S8/c49-43-55-45(59-47(57-43)53-31-17-22(88(64,65)66)13-20-15-36(92(76,77)78)32(19-29(20)31)62-61-30-10-9-25-27(42(30)95(85,86)87)4-2-6-35(25)91(73,74)75)51-11-12-52-46-56-44(50)58-48(60-46)54-33-18-23(89(67,68)69)14-21-16-37(93(79,80)81)39(40(63)38(21)33)28-8-7-24-26(41(28)94(82,83)84)3-1-5-34(24)90(70,71)72/h1-10,13-19,63H,11-12H2,(H,64,65,66)(H,67,68,69)(H,70,71,72)(H,73,74,75)(H,76,77,78)(H,79,80,81)(H,82,83,84)(H,85,86,87)(H2,51,53,55,57,59)(H2,52,54,56,58,60). The fraction of sp³-hybridized carbons (Fsp3) is 0.0417. The molecule has 10 aromatic rings. The van der Waals surface area contributed by atoms with E-state index in [0.717, 1.165) is 72.8 Å². The van der Waals surface area contributed by atoms with Crippen LogP contribution in [0.4, 0.5) is 46.5 Å². The van der Waals surface area contributed by atoms with Crippen molar-refractivity contribution in [2.45, 2.75) is 39.2 Å². The Labute approximate surface area is 543 Å². The summed E-state index contributed by atoms with van der Waals surface area (Å²) >= 11 is 12.5. The molecule has 0 aliphatic rings. The molecular weight excluding hydrogens is 1470 g/mol. The second-order valence-corrected chi connectivity index (χ2v) is 31.1. The van der Waals surface area contributed by atoms with E-state index in [1.807, 2.05) is 0 Å². The molecule has 0 amide bonds. The number of aromatic nitrogens is 6. The molecule has 2 aromatic heterocycles. The summed E-state index contributed by atoms with van der Waals surface area (Å²) in [6.07, 6.45) is 0. The molecule has 0 saturated carbocycles. The highest BCUT2D eigenvalue weighted by Gasteiger charge is 2.33. The van der Waals surface area contributed by atoms with Crippen LogP contribution < -0.4 is 21.3 Å². The molecule has 0 spiro atoms. The Hall–Kier alpha value is -8.72. The van der Waals surface area contributed by atoms with Crippen molar-refractivity contribution < 1.29 is 109 Å². The van der Waals surface area contributed by atoms with Gasteiger partial charge in [0, 0.05) is 56.5 Å². The summed E-state index contributed by atoms with van der Waals surface area (Å²) in [5.41, 5.74) is -4.57. The predicted octanol–water partition coefficient (Wildman–Crippen LogP) is 6.75. The van der Waals surface area contributed by atoms with Crippen molar-refractivity contribution in [2.75, 3.05) is 34.4 Å². The lowest BCUT2D eigenvalue weighted by Crippen LogP contribution is -2.17. The van der Waals surface area contributed by atoms with Crippen LogP contribution in [-0.2, 0) is 80.9 Å². The quantitative estimate of drug-likeness (QED) is 0.0213. The topological polar surface area (TPSA) is 605 Å². The Bertz CT molecular complexity index is 6050. The Balaban J connectivity index is 0.960. The van der Waals surface area contributed by atoms with Gasteiger partial charge in [0.1, 0.15) is 46.5 Å². The van der Waals surface area contributed by atoms with Crippen molar-refractivity contribution in [3.63, 3.8) is 0 Å². The third-order valence-electron chi connectivity index (χ3n) is 13.2. The van der Waals surface area contributed by atoms with Gasteiger partial charge in [-0.15, -0.1) is 10.2 Å². The number of halogens is 2.